The minimum absolute atomic E-state index is 0.0417. The molecule has 0 aromatic carbocycles. The first kappa shape index (κ1) is 30.9. The normalized spacial score (nSPS) is 15.4. The third-order valence-corrected chi connectivity index (χ3v) is 5.91. The van der Waals surface area contributed by atoms with Crippen molar-refractivity contribution in [3.8, 4) is 0 Å². The average Bonchev–Trinajstić information content (AvgIpc) is 2.76. The highest BCUT2D eigenvalue weighted by atomic mass is 31.2. The zero-order chi connectivity index (χ0) is 24.2. The molecular formula is C23H44NO7P. The molecule has 32 heavy (non-hydrogen) atoms. The Bertz CT molecular complexity index is 583. The highest BCUT2D eigenvalue weighted by Crippen LogP contribution is 2.43. The predicted molar refractivity (Wildman–Crippen MR) is 126 cm³/mol. The number of Topliss-reactive ketones (excluding diaryl/α,β-unsaturated/α-hetero) is 1. The molecule has 8 nitrogen and oxygen atoms in total. The summed E-state index contributed by atoms with van der Waals surface area (Å²) in [6, 6.07) is 0. The summed E-state index contributed by atoms with van der Waals surface area (Å²) < 4.78 is 26.8. The van der Waals surface area contributed by atoms with Crippen molar-refractivity contribution in [1.82, 2.24) is 0 Å². The van der Waals surface area contributed by atoms with Gasteiger partial charge >= 0.3 is 13.8 Å². The van der Waals surface area contributed by atoms with Crippen molar-refractivity contribution < 1.29 is 32.8 Å². The van der Waals surface area contributed by atoms with E-state index in [1.54, 1.807) is 0 Å². The Morgan fingerprint density at radius 3 is 2.38 bits per heavy atom. The number of esters is 1. The van der Waals surface area contributed by atoms with Crippen molar-refractivity contribution in [3.63, 3.8) is 0 Å². The standard InChI is InChI=1S/C23H44NO7P/c1-4-6-7-8-9-10-11-12-14-20(3)22(25)17-21(18-29-23(26)13-5-2)19-31-32(27,28)30-16-15-24/h12,14,20-21H,4-11,13,15-19,24H2,1-3H3,(H,27,28). The lowest BCUT2D eigenvalue weighted by Gasteiger charge is -2.19. The molecule has 0 radical (unpaired) electrons. The van der Waals surface area contributed by atoms with E-state index in [0.717, 1.165) is 12.8 Å². The molecule has 9 heteroatoms. The van der Waals surface area contributed by atoms with Crippen LogP contribution in [0.3, 0.4) is 0 Å². The quantitative estimate of drug-likeness (QED) is 0.103. The molecule has 3 unspecified atom stereocenters. The summed E-state index contributed by atoms with van der Waals surface area (Å²) in [6.45, 7) is 5.54. The van der Waals surface area contributed by atoms with E-state index in [1.165, 1.54) is 32.1 Å². The van der Waals surface area contributed by atoms with Crippen LogP contribution in [0.5, 0.6) is 0 Å². The molecule has 0 heterocycles. The molecule has 3 N–H and O–H groups in total. The molecule has 0 saturated heterocycles. The number of unbranched alkanes of at least 4 members (excludes halogenated alkanes) is 6. The second kappa shape index (κ2) is 19.4. The molecule has 0 aliphatic carbocycles. The zero-order valence-corrected chi connectivity index (χ0v) is 21.0. The summed E-state index contributed by atoms with van der Waals surface area (Å²) in [5, 5.41) is 0. The Morgan fingerprint density at radius 2 is 1.72 bits per heavy atom. The minimum atomic E-state index is -4.27. The van der Waals surface area contributed by atoms with Crippen molar-refractivity contribution in [1.29, 1.82) is 0 Å². The first-order chi connectivity index (χ1) is 15.3. The minimum Gasteiger partial charge on any atom is -0.465 e. The molecule has 3 atom stereocenters. The fraction of sp³-hybridized carbons (Fsp3) is 0.826. The van der Waals surface area contributed by atoms with Crippen molar-refractivity contribution in [2.75, 3.05) is 26.4 Å². The largest absolute Gasteiger partial charge is 0.472 e. The smallest absolute Gasteiger partial charge is 0.465 e. The fourth-order valence-corrected chi connectivity index (χ4v) is 3.79. The summed E-state index contributed by atoms with van der Waals surface area (Å²) in [5.74, 6) is -1.25. The van der Waals surface area contributed by atoms with E-state index in [4.69, 9.17) is 19.5 Å². The van der Waals surface area contributed by atoms with Gasteiger partial charge < -0.3 is 15.4 Å². The Balaban J connectivity index is 4.61. The van der Waals surface area contributed by atoms with Gasteiger partial charge in [0.05, 0.1) is 19.8 Å². The molecule has 0 aliphatic rings. The van der Waals surface area contributed by atoms with Crippen LogP contribution in [0.2, 0.25) is 0 Å². The van der Waals surface area contributed by atoms with Gasteiger partial charge in [-0.1, -0.05) is 65.0 Å². The number of hydrogen-bond acceptors (Lipinski definition) is 7. The van der Waals surface area contributed by atoms with Gasteiger partial charge in [-0.2, -0.15) is 0 Å². The fourth-order valence-electron chi connectivity index (χ4n) is 2.98. The van der Waals surface area contributed by atoms with Gasteiger partial charge in [0.1, 0.15) is 5.78 Å². The molecule has 0 rings (SSSR count). The van der Waals surface area contributed by atoms with Crippen LogP contribution < -0.4 is 5.73 Å². The predicted octanol–water partition coefficient (Wildman–Crippen LogP) is 4.94. The van der Waals surface area contributed by atoms with Crippen molar-refractivity contribution in [3.05, 3.63) is 12.2 Å². The van der Waals surface area contributed by atoms with E-state index in [-0.39, 0.29) is 56.9 Å². The number of carbonyl (C=O) groups is 2. The Hall–Kier alpha value is -1.05. The van der Waals surface area contributed by atoms with E-state index >= 15 is 0 Å². The van der Waals surface area contributed by atoms with Crippen LogP contribution in [-0.4, -0.2) is 43.0 Å². The van der Waals surface area contributed by atoms with Crippen LogP contribution in [0.4, 0.5) is 0 Å². The maximum absolute atomic E-state index is 12.6. The molecular weight excluding hydrogens is 433 g/mol. The number of carbonyl (C=O) groups excluding carboxylic acids is 2. The first-order valence-electron chi connectivity index (χ1n) is 11.9. The van der Waals surface area contributed by atoms with Crippen molar-refractivity contribution in [2.24, 2.45) is 17.6 Å². The summed E-state index contributed by atoms with van der Waals surface area (Å²) in [6.07, 6.45) is 13.2. The monoisotopic (exact) mass is 477 g/mol. The van der Waals surface area contributed by atoms with Crippen LogP contribution in [0.1, 0.15) is 85.0 Å². The maximum Gasteiger partial charge on any atom is 0.472 e. The number of phosphoric ester groups is 1. The SMILES string of the molecule is CCCCCCCCC=CC(C)C(=O)CC(COC(=O)CCC)COP(=O)(O)OCCN. The second-order valence-corrected chi connectivity index (χ2v) is 9.58. The van der Waals surface area contributed by atoms with Gasteiger partial charge in [-0.25, -0.2) is 4.57 Å². The highest BCUT2D eigenvalue weighted by Gasteiger charge is 2.26. The van der Waals surface area contributed by atoms with Crippen LogP contribution in [-0.2, 0) is 27.9 Å². The van der Waals surface area contributed by atoms with Gasteiger partial charge in [-0.3, -0.25) is 18.6 Å². The third kappa shape index (κ3) is 17.5. The number of nitrogens with two attached hydrogens (primary N) is 1. The van der Waals surface area contributed by atoms with Crippen molar-refractivity contribution >= 4 is 19.6 Å². The number of ether oxygens (including phenoxy) is 1. The van der Waals surface area contributed by atoms with Gasteiger partial charge in [0.15, 0.2) is 0 Å². The van der Waals surface area contributed by atoms with Gasteiger partial charge in [0.2, 0.25) is 0 Å². The summed E-state index contributed by atoms with van der Waals surface area (Å²) >= 11 is 0. The third-order valence-electron chi connectivity index (χ3n) is 4.93. The summed E-state index contributed by atoms with van der Waals surface area (Å²) in [7, 11) is -4.27. The molecule has 0 fully saturated rings. The zero-order valence-electron chi connectivity index (χ0n) is 20.1. The lowest BCUT2D eigenvalue weighted by atomic mass is 9.95. The van der Waals surface area contributed by atoms with E-state index in [2.05, 4.69) is 6.92 Å². The molecule has 0 amide bonds. The van der Waals surface area contributed by atoms with E-state index < -0.39 is 13.7 Å². The van der Waals surface area contributed by atoms with Gasteiger partial charge in [0, 0.05) is 31.2 Å². The Labute approximate surface area is 193 Å². The number of phosphoric acid groups is 1. The van der Waals surface area contributed by atoms with Gasteiger partial charge in [-0.05, 0) is 19.3 Å². The van der Waals surface area contributed by atoms with Gasteiger partial charge in [0.25, 0.3) is 0 Å². The molecule has 0 aromatic rings. The molecule has 0 bridgehead atoms. The Kier molecular flexibility index (Phi) is 18.8. The lowest BCUT2D eigenvalue weighted by Crippen LogP contribution is -2.24. The number of ketones is 1. The number of rotatable bonds is 21. The van der Waals surface area contributed by atoms with Gasteiger partial charge in [-0.15, -0.1) is 0 Å². The van der Waals surface area contributed by atoms with Crippen molar-refractivity contribution in [2.45, 2.75) is 85.0 Å². The Morgan fingerprint density at radius 1 is 1.03 bits per heavy atom. The summed E-state index contributed by atoms with van der Waals surface area (Å²) in [4.78, 5) is 34.0. The second-order valence-electron chi connectivity index (χ2n) is 8.13. The van der Waals surface area contributed by atoms with Crippen LogP contribution in [0.25, 0.3) is 0 Å². The molecule has 0 aromatic heterocycles. The first-order valence-corrected chi connectivity index (χ1v) is 13.4. The molecule has 0 saturated carbocycles. The van der Waals surface area contributed by atoms with Crippen LogP contribution >= 0.6 is 7.82 Å². The molecule has 0 spiro atoms. The maximum atomic E-state index is 12.6. The van der Waals surface area contributed by atoms with E-state index in [9.17, 15) is 19.0 Å². The lowest BCUT2D eigenvalue weighted by molar-refractivity contribution is -0.146. The summed E-state index contributed by atoms with van der Waals surface area (Å²) in [5.41, 5.74) is 5.26. The topological polar surface area (TPSA) is 125 Å². The highest BCUT2D eigenvalue weighted by molar-refractivity contribution is 7.47. The van der Waals surface area contributed by atoms with E-state index in [1.807, 2.05) is 26.0 Å². The average molecular weight is 478 g/mol. The van der Waals surface area contributed by atoms with E-state index in [0.29, 0.717) is 6.42 Å². The van der Waals surface area contributed by atoms with Crippen LogP contribution in [0.15, 0.2) is 12.2 Å². The number of hydrogen-bond donors (Lipinski definition) is 2. The molecule has 188 valence electrons. The molecule has 0 aliphatic heterocycles. The number of allylic oxidation sites excluding steroid dienone is 2. The van der Waals surface area contributed by atoms with Crippen LogP contribution in [0, 0.1) is 11.8 Å².